The average molecular weight is 417 g/mol. The van der Waals surface area contributed by atoms with Crippen LogP contribution in [0.15, 0.2) is 6.07 Å². The van der Waals surface area contributed by atoms with Crippen molar-refractivity contribution in [3.63, 3.8) is 0 Å². The summed E-state index contributed by atoms with van der Waals surface area (Å²) in [6.07, 6.45) is 4.06. The van der Waals surface area contributed by atoms with Gasteiger partial charge in [-0.2, -0.15) is 0 Å². The van der Waals surface area contributed by atoms with E-state index in [4.69, 9.17) is 9.97 Å². The van der Waals surface area contributed by atoms with Crippen LogP contribution < -0.4 is 4.90 Å². The van der Waals surface area contributed by atoms with E-state index >= 15 is 0 Å². The Morgan fingerprint density at radius 2 is 1.90 bits per heavy atom. The molecule has 3 amide bonds. The molecule has 0 saturated carbocycles. The third-order valence-corrected chi connectivity index (χ3v) is 5.80. The summed E-state index contributed by atoms with van der Waals surface area (Å²) >= 11 is 0. The summed E-state index contributed by atoms with van der Waals surface area (Å²) in [5, 5.41) is 0. The highest BCUT2D eigenvalue weighted by atomic mass is 16.2. The van der Waals surface area contributed by atoms with Crippen molar-refractivity contribution < 1.29 is 14.4 Å². The number of amides is 3. The molecule has 2 fully saturated rings. The van der Waals surface area contributed by atoms with E-state index in [0.29, 0.717) is 31.9 Å². The molecule has 1 atom stereocenters. The number of anilines is 1. The monoisotopic (exact) mass is 416 g/mol. The van der Waals surface area contributed by atoms with Gasteiger partial charge in [0.2, 0.25) is 17.7 Å². The highest BCUT2D eigenvalue weighted by molar-refractivity contribution is 5.86. The van der Waals surface area contributed by atoms with Gasteiger partial charge < -0.3 is 19.6 Å². The lowest BCUT2D eigenvalue weighted by Gasteiger charge is -2.36. The molecule has 0 radical (unpaired) electrons. The average Bonchev–Trinajstić information content (AvgIpc) is 3.12. The molecule has 1 aromatic heterocycles. The van der Waals surface area contributed by atoms with Gasteiger partial charge in [-0.25, -0.2) is 9.97 Å². The van der Waals surface area contributed by atoms with E-state index < -0.39 is 0 Å². The molecule has 2 aliphatic heterocycles. The molecule has 3 rings (SSSR count). The normalized spacial score (nSPS) is 19.2. The molecule has 0 aliphatic carbocycles. The minimum absolute atomic E-state index is 0.0358. The van der Waals surface area contributed by atoms with Crippen molar-refractivity contribution in [3.8, 4) is 0 Å². The maximum Gasteiger partial charge on any atom is 0.242 e. The second kappa shape index (κ2) is 9.40. The number of likely N-dealkylation sites (tertiary alicyclic amines) is 2. The van der Waals surface area contributed by atoms with E-state index in [9.17, 15) is 14.4 Å². The zero-order chi connectivity index (χ0) is 21.8. The van der Waals surface area contributed by atoms with Gasteiger partial charge in [0.05, 0.1) is 24.8 Å². The summed E-state index contributed by atoms with van der Waals surface area (Å²) < 4.78 is 0. The van der Waals surface area contributed by atoms with E-state index in [1.54, 1.807) is 16.8 Å². The van der Waals surface area contributed by atoms with Crippen LogP contribution in [0.5, 0.6) is 0 Å². The molecule has 3 heterocycles. The molecule has 0 spiro atoms. The van der Waals surface area contributed by atoms with E-state index in [2.05, 4.69) is 0 Å². The van der Waals surface area contributed by atoms with Crippen LogP contribution >= 0.6 is 0 Å². The fraction of sp³-hybridized carbons (Fsp3) is 0.667. The van der Waals surface area contributed by atoms with Crippen molar-refractivity contribution >= 4 is 23.5 Å². The molecule has 164 valence electrons. The zero-order valence-corrected chi connectivity index (χ0v) is 18.4. The van der Waals surface area contributed by atoms with Crippen LogP contribution in [0.25, 0.3) is 0 Å². The maximum atomic E-state index is 13.1. The predicted octanol–water partition coefficient (Wildman–Crippen LogP) is 1.20. The lowest BCUT2D eigenvalue weighted by Crippen LogP contribution is -2.45. The third-order valence-electron chi connectivity index (χ3n) is 5.80. The number of hydrogen-bond donors (Lipinski definition) is 0. The number of hydrogen-bond acceptors (Lipinski definition) is 6. The van der Waals surface area contributed by atoms with Crippen LogP contribution in [0.2, 0.25) is 0 Å². The van der Waals surface area contributed by atoms with E-state index in [-0.39, 0.29) is 30.3 Å². The largest absolute Gasteiger partial charge is 0.363 e. The van der Waals surface area contributed by atoms with Gasteiger partial charge in [-0.3, -0.25) is 14.4 Å². The van der Waals surface area contributed by atoms with E-state index in [1.165, 1.54) is 6.92 Å². The Hall–Kier alpha value is -2.71. The van der Waals surface area contributed by atoms with Crippen molar-refractivity contribution in [1.82, 2.24) is 24.7 Å². The first-order chi connectivity index (χ1) is 14.3. The molecule has 30 heavy (non-hydrogen) atoms. The fourth-order valence-corrected chi connectivity index (χ4v) is 3.94. The van der Waals surface area contributed by atoms with Gasteiger partial charge in [0, 0.05) is 53.6 Å². The third kappa shape index (κ3) is 5.06. The van der Waals surface area contributed by atoms with Crippen molar-refractivity contribution in [2.24, 2.45) is 0 Å². The number of aromatic nitrogens is 2. The second-order valence-electron chi connectivity index (χ2n) is 8.36. The van der Waals surface area contributed by atoms with Gasteiger partial charge in [0.15, 0.2) is 5.82 Å². The summed E-state index contributed by atoms with van der Waals surface area (Å²) in [5.41, 5.74) is 0.745. The summed E-state index contributed by atoms with van der Waals surface area (Å²) in [4.78, 5) is 53.2. The van der Waals surface area contributed by atoms with Crippen LogP contribution in [0.1, 0.15) is 56.6 Å². The standard InChI is InChI=1S/C21H32N6O3/c1-15(28)25(4)13-16-12-18(24(2)3)23-21(22-16)17-8-5-6-11-27(17)20(30)14-26-10-7-9-19(26)29/h12,17H,5-11,13-14H2,1-4H3/t17-/m0/s1. The Balaban J connectivity index is 1.86. The number of carbonyl (C=O) groups excluding carboxylic acids is 3. The number of rotatable bonds is 6. The lowest BCUT2D eigenvalue weighted by molar-refractivity contribution is -0.141. The molecule has 9 heteroatoms. The topological polar surface area (TPSA) is 90.0 Å². The Bertz CT molecular complexity index is 812. The van der Waals surface area contributed by atoms with Crippen molar-refractivity contribution in [2.45, 2.75) is 51.6 Å². The van der Waals surface area contributed by atoms with Crippen LogP contribution in [-0.2, 0) is 20.9 Å². The first-order valence-corrected chi connectivity index (χ1v) is 10.6. The number of carbonyl (C=O) groups is 3. The molecule has 0 aromatic carbocycles. The fourth-order valence-electron chi connectivity index (χ4n) is 3.94. The Kier molecular flexibility index (Phi) is 6.89. The summed E-state index contributed by atoms with van der Waals surface area (Å²) in [6.45, 7) is 3.33. The summed E-state index contributed by atoms with van der Waals surface area (Å²) in [7, 11) is 5.56. The molecule has 2 aliphatic rings. The molecule has 0 unspecified atom stereocenters. The molecule has 2 saturated heterocycles. The van der Waals surface area contributed by atoms with Gasteiger partial charge in [-0.1, -0.05) is 0 Å². The zero-order valence-electron chi connectivity index (χ0n) is 18.4. The highest BCUT2D eigenvalue weighted by Gasteiger charge is 2.33. The number of piperidine rings is 1. The molecule has 0 bridgehead atoms. The molecule has 9 nitrogen and oxygen atoms in total. The molecule has 1 aromatic rings. The summed E-state index contributed by atoms with van der Waals surface area (Å²) in [5.74, 6) is 1.33. The maximum absolute atomic E-state index is 13.1. The minimum Gasteiger partial charge on any atom is -0.363 e. The Morgan fingerprint density at radius 3 is 2.53 bits per heavy atom. The lowest BCUT2D eigenvalue weighted by atomic mass is 10.0. The van der Waals surface area contributed by atoms with E-state index in [0.717, 1.165) is 37.2 Å². The molecular formula is C21H32N6O3. The quantitative estimate of drug-likeness (QED) is 0.692. The van der Waals surface area contributed by atoms with Crippen molar-refractivity contribution in [2.75, 3.05) is 45.7 Å². The minimum atomic E-state index is -0.217. The van der Waals surface area contributed by atoms with Crippen molar-refractivity contribution in [3.05, 3.63) is 17.6 Å². The van der Waals surface area contributed by atoms with Gasteiger partial charge in [0.1, 0.15) is 5.82 Å². The Labute approximate surface area is 178 Å². The second-order valence-corrected chi connectivity index (χ2v) is 8.36. The summed E-state index contributed by atoms with van der Waals surface area (Å²) in [6, 6.07) is 1.66. The number of nitrogens with zero attached hydrogens (tertiary/aromatic N) is 6. The van der Waals surface area contributed by atoms with Crippen LogP contribution in [0.3, 0.4) is 0 Å². The highest BCUT2D eigenvalue weighted by Crippen LogP contribution is 2.30. The van der Waals surface area contributed by atoms with Crippen LogP contribution in [0.4, 0.5) is 5.82 Å². The van der Waals surface area contributed by atoms with Crippen LogP contribution in [-0.4, -0.2) is 83.2 Å². The van der Waals surface area contributed by atoms with Gasteiger partial charge >= 0.3 is 0 Å². The van der Waals surface area contributed by atoms with Gasteiger partial charge in [-0.05, 0) is 25.7 Å². The molecular weight excluding hydrogens is 384 g/mol. The predicted molar refractivity (Wildman–Crippen MR) is 113 cm³/mol. The molecule has 0 N–H and O–H groups in total. The van der Waals surface area contributed by atoms with Crippen LogP contribution in [0, 0.1) is 0 Å². The van der Waals surface area contributed by atoms with Gasteiger partial charge in [-0.15, -0.1) is 0 Å². The van der Waals surface area contributed by atoms with Crippen molar-refractivity contribution in [1.29, 1.82) is 0 Å². The first-order valence-electron chi connectivity index (χ1n) is 10.6. The van der Waals surface area contributed by atoms with E-state index in [1.807, 2.05) is 30.0 Å². The van der Waals surface area contributed by atoms with Gasteiger partial charge in [0.25, 0.3) is 0 Å². The Morgan fingerprint density at radius 1 is 1.13 bits per heavy atom. The first kappa shape index (κ1) is 22.0. The SMILES string of the molecule is CC(=O)N(C)Cc1cc(N(C)C)nc([C@@H]2CCCCN2C(=O)CN2CCCC2=O)n1. The smallest absolute Gasteiger partial charge is 0.242 e.